The summed E-state index contributed by atoms with van der Waals surface area (Å²) < 4.78 is 34.0. The van der Waals surface area contributed by atoms with Crippen LogP contribution >= 0.6 is 0 Å². The van der Waals surface area contributed by atoms with Crippen LogP contribution in [0.15, 0.2) is 53.4 Å². The minimum atomic E-state index is -4.00. The molecule has 7 nitrogen and oxygen atoms in total. The van der Waals surface area contributed by atoms with Crippen LogP contribution in [-0.2, 0) is 19.6 Å². The number of anilines is 1. The minimum absolute atomic E-state index is 0.0953. The molecule has 170 valence electrons. The van der Waals surface area contributed by atoms with Crippen LogP contribution in [0.4, 0.5) is 5.69 Å². The van der Waals surface area contributed by atoms with Crippen molar-refractivity contribution in [2.45, 2.75) is 62.4 Å². The topological polar surface area (TPSA) is 84.0 Å². The third-order valence-electron chi connectivity index (χ3n) is 6.29. The summed E-state index contributed by atoms with van der Waals surface area (Å²) in [7, 11) is -2.49. The van der Waals surface area contributed by atoms with E-state index in [4.69, 9.17) is 4.74 Å². The first kappa shape index (κ1) is 22.5. The maximum absolute atomic E-state index is 13.8. The lowest BCUT2D eigenvalue weighted by Crippen LogP contribution is -2.51. The number of hydrogen-bond acceptors (Lipinski definition) is 5. The van der Waals surface area contributed by atoms with E-state index in [2.05, 4.69) is 0 Å². The molecular weight excluding hydrogens is 428 g/mol. The lowest BCUT2D eigenvalue weighted by atomic mass is 9.94. The van der Waals surface area contributed by atoms with Gasteiger partial charge in [-0.3, -0.25) is 9.59 Å². The molecule has 0 aromatic heterocycles. The second-order valence-electron chi connectivity index (χ2n) is 8.43. The number of methoxy groups -OCH3 is 1. The molecular formula is C24H28N2O5S. The van der Waals surface area contributed by atoms with Crippen LogP contribution < -0.4 is 9.64 Å². The van der Waals surface area contributed by atoms with Gasteiger partial charge in [-0.2, -0.15) is 4.31 Å². The average molecular weight is 457 g/mol. The van der Waals surface area contributed by atoms with Gasteiger partial charge >= 0.3 is 0 Å². The Balaban J connectivity index is 1.72. The second-order valence-corrected chi connectivity index (χ2v) is 10.3. The first-order chi connectivity index (χ1) is 15.3. The monoisotopic (exact) mass is 456 g/mol. The number of amides is 2. The summed E-state index contributed by atoms with van der Waals surface area (Å²) in [6, 6.07) is 11.9. The van der Waals surface area contributed by atoms with Crippen LogP contribution in [0.3, 0.4) is 0 Å². The number of nitrogens with zero attached hydrogens (tertiary/aromatic N) is 2. The predicted octanol–water partition coefficient (Wildman–Crippen LogP) is 3.66. The summed E-state index contributed by atoms with van der Waals surface area (Å²) in [5.41, 5.74) is 1.48. The summed E-state index contributed by atoms with van der Waals surface area (Å²) in [6.07, 6.45) is 4.04. The number of carbonyl (C=O) groups excluding carboxylic acids is 2. The lowest BCUT2D eigenvalue weighted by Gasteiger charge is -2.36. The van der Waals surface area contributed by atoms with Gasteiger partial charge in [0.15, 0.2) is 0 Å². The number of carbonyl (C=O) groups is 2. The van der Waals surface area contributed by atoms with Crippen molar-refractivity contribution in [1.29, 1.82) is 0 Å². The quantitative estimate of drug-likeness (QED) is 0.620. The van der Waals surface area contributed by atoms with E-state index in [-0.39, 0.29) is 23.3 Å². The predicted molar refractivity (Wildman–Crippen MR) is 121 cm³/mol. The van der Waals surface area contributed by atoms with E-state index >= 15 is 0 Å². The Morgan fingerprint density at radius 3 is 2.16 bits per heavy atom. The zero-order valence-corrected chi connectivity index (χ0v) is 19.2. The molecule has 1 saturated carbocycles. The summed E-state index contributed by atoms with van der Waals surface area (Å²) in [5, 5.41) is 0. The molecule has 0 radical (unpaired) electrons. The first-order valence-electron chi connectivity index (χ1n) is 10.9. The second kappa shape index (κ2) is 9.03. The standard InChI is InChI=1S/C24H28N2O5S/c1-17-8-10-18(11-9-17)25-23(27)16-22(24(25)28)26(19-6-4-3-5-7-19)32(29,30)21-14-12-20(31-2)13-15-21/h8-15,19,22H,3-7,16H2,1-2H3. The molecule has 2 amide bonds. The molecule has 2 aromatic carbocycles. The molecule has 2 aromatic rings. The Hall–Kier alpha value is -2.71. The molecule has 1 aliphatic carbocycles. The van der Waals surface area contributed by atoms with Crippen LogP contribution in [0.1, 0.15) is 44.1 Å². The SMILES string of the molecule is COc1ccc(S(=O)(=O)N(C2CCCCC2)C2CC(=O)N(c3ccc(C)cc3)C2=O)cc1. The fourth-order valence-electron chi connectivity index (χ4n) is 4.60. The van der Waals surface area contributed by atoms with Crippen molar-refractivity contribution in [3.05, 3.63) is 54.1 Å². The number of benzene rings is 2. The summed E-state index contributed by atoms with van der Waals surface area (Å²) in [6.45, 7) is 1.92. The highest BCUT2D eigenvalue weighted by molar-refractivity contribution is 7.89. The van der Waals surface area contributed by atoms with E-state index in [0.29, 0.717) is 24.3 Å². The van der Waals surface area contributed by atoms with Crippen molar-refractivity contribution >= 4 is 27.5 Å². The molecule has 0 N–H and O–H groups in total. The summed E-state index contributed by atoms with van der Waals surface area (Å²) in [4.78, 5) is 27.5. The van der Waals surface area contributed by atoms with Crippen molar-refractivity contribution < 1.29 is 22.7 Å². The summed E-state index contributed by atoms with van der Waals surface area (Å²) in [5.74, 6) is -0.318. The van der Waals surface area contributed by atoms with Gasteiger partial charge in [0, 0.05) is 6.04 Å². The van der Waals surface area contributed by atoms with Gasteiger partial charge in [0.1, 0.15) is 11.8 Å². The van der Waals surface area contributed by atoms with Gasteiger partial charge in [-0.15, -0.1) is 0 Å². The van der Waals surface area contributed by atoms with Gasteiger partial charge in [0.2, 0.25) is 15.9 Å². The molecule has 0 bridgehead atoms. The number of aryl methyl sites for hydroxylation is 1. The maximum Gasteiger partial charge on any atom is 0.252 e. The Morgan fingerprint density at radius 2 is 1.56 bits per heavy atom. The molecule has 1 aliphatic heterocycles. The van der Waals surface area contributed by atoms with Crippen LogP contribution in [0.25, 0.3) is 0 Å². The number of ether oxygens (including phenoxy) is 1. The van der Waals surface area contributed by atoms with Gasteiger partial charge in [0.05, 0.1) is 24.1 Å². The van der Waals surface area contributed by atoms with Crippen molar-refractivity contribution in [2.24, 2.45) is 0 Å². The van der Waals surface area contributed by atoms with E-state index in [1.54, 1.807) is 24.3 Å². The smallest absolute Gasteiger partial charge is 0.252 e. The van der Waals surface area contributed by atoms with Crippen LogP contribution in [0, 0.1) is 6.92 Å². The molecule has 0 spiro atoms. The Morgan fingerprint density at radius 1 is 0.938 bits per heavy atom. The molecule has 1 saturated heterocycles. The largest absolute Gasteiger partial charge is 0.497 e. The third-order valence-corrected chi connectivity index (χ3v) is 8.27. The molecule has 1 heterocycles. The highest BCUT2D eigenvalue weighted by Crippen LogP contribution is 2.35. The third kappa shape index (κ3) is 4.17. The number of sulfonamides is 1. The molecule has 2 aliphatic rings. The van der Waals surface area contributed by atoms with Crippen LogP contribution in [-0.4, -0.2) is 43.7 Å². The van der Waals surface area contributed by atoms with Crippen molar-refractivity contribution in [1.82, 2.24) is 4.31 Å². The van der Waals surface area contributed by atoms with Crippen molar-refractivity contribution in [3.63, 3.8) is 0 Å². The molecule has 2 fully saturated rings. The van der Waals surface area contributed by atoms with Gasteiger partial charge in [-0.25, -0.2) is 13.3 Å². The van der Waals surface area contributed by atoms with Crippen LogP contribution in [0.5, 0.6) is 5.75 Å². The maximum atomic E-state index is 13.8. The first-order valence-corrected chi connectivity index (χ1v) is 12.4. The molecule has 1 unspecified atom stereocenters. The zero-order valence-electron chi connectivity index (χ0n) is 18.4. The van der Waals surface area contributed by atoms with Crippen molar-refractivity contribution in [3.8, 4) is 5.75 Å². The Kier molecular flexibility index (Phi) is 6.35. The summed E-state index contributed by atoms with van der Waals surface area (Å²) >= 11 is 0. The lowest BCUT2D eigenvalue weighted by molar-refractivity contribution is -0.122. The molecule has 4 rings (SSSR count). The van der Waals surface area contributed by atoms with E-state index in [1.165, 1.54) is 23.5 Å². The number of imide groups is 1. The van der Waals surface area contributed by atoms with Gasteiger partial charge in [0.25, 0.3) is 5.91 Å². The van der Waals surface area contributed by atoms with Crippen molar-refractivity contribution in [2.75, 3.05) is 12.0 Å². The fraction of sp³-hybridized carbons (Fsp3) is 0.417. The molecule has 8 heteroatoms. The zero-order chi connectivity index (χ0) is 22.9. The number of rotatable bonds is 6. The van der Waals surface area contributed by atoms with E-state index in [1.807, 2.05) is 19.1 Å². The Bertz CT molecular complexity index is 1090. The molecule has 32 heavy (non-hydrogen) atoms. The highest BCUT2D eigenvalue weighted by Gasteiger charge is 2.49. The number of hydrogen-bond donors (Lipinski definition) is 0. The molecule has 1 atom stereocenters. The normalized spacial score (nSPS) is 20.2. The highest BCUT2D eigenvalue weighted by atomic mass is 32.2. The van der Waals surface area contributed by atoms with Gasteiger partial charge in [-0.05, 0) is 56.2 Å². The van der Waals surface area contributed by atoms with Gasteiger partial charge in [-0.1, -0.05) is 37.0 Å². The Labute approximate surface area is 189 Å². The van der Waals surface area contributed by atoms with Gasteiger partial charge < -0.3 is 4.74 Å². The fourth-order valence-corrected chi connectivity index (χ4v) is 6.43. The van der Waals surface area contributed by atoms with E-state index in [9.17, 15) is 18.0 Å². The average Bonchev–Trinajstić information content (AvgIpc) is 3.08. The minimum Gasteiger partial charge on any atom is -0.497 e. The van der Waals surface area contributed by atoms with Crippen LogP contribution in [0.2, 0.25) is 0 Å². The van der Waals surface area contributed by atoms with E-state index < -0.39 is 22.0 Å². The van der Waals surface area contributed by atoms with E-state index in [0.717, 1.165) is 29.7 Å².